The van der Waals surface area contributed by atoms with E-state index < -0.39 is 0 Å². The van der Waals surface area contributed by atoms with Gasteiger partial charge >= 0.3 is 0 Å². The molecule has 0 atom stereocenters. The minimum atomic E-state index is 0.780. The highest BCUT2D eigenvalue weighted by Crippen LogP contribution is 1.83. The fourth-order valence-electron chi connectivity index (χ4n) is 0.606. The minimum Gasteiger partial charge on any atom is -0.285 e. The highest BCUT2D eigenvalue weighted by atomic mass is 15.4. The Bertz CT molecular complexity index is 219. The van der Waals surface area contributed by atoms with Crippen LogP contribution in [0.4, 0.5) is 0 Å². The fraction of sp³-hybridized carbons (Fsp3) is 0.444. The third kappa shape index (κ3) is 7.02. The van der Waals surface area contributed by atoms with Gasteiger partial charge < -0.3 is 0 Å². The molecule has 0 radical (unpaired) electrons. The average molecular weight is 195 g/mol. The van der Waals surface area contributed by atoms with Crippen molar-refractivity contribution in [2.75, 3.05) is 6.54 Å². The molecular formula is C9H17N5. The third-order valence-electron chi connectivity index (χ3n) is 1.23. The second-order valence-corrected chi connectivity index (χ2v) is 2.30. The summed E-state index contributed by atoms with van der Waals surface area (Å²) in [6.45, 7) is 8.25. The molecule has 14 heavy (non-hydrogen) atoms. The standard InChI is InChI=1S/C9H17N5/c1-4-7-13-14(6-3)9-10-8-12-11-5-2/h5,7-9,11H,2,4,6H2,1,3H3/b10-9?,12-8-,13-7-. The van der Waals surface area contributed by atoms with Gasteiger partial charge in [0.2, 0.25) is 0 Å². The van der Waals surface area contributed by atoms with E-state index in [4.69, 9.17) is 0 Å². The van der Waals surface area contributed by atoms with Crippen molar-refractivity contribution in [3.63, 3.8) is 0 Å². The largest absolute Gasteiger partial charge is 0.285 e. The highest BCUT2D eigenvalue weighted by molar-refractivity contribution is 5.71. The van der Waals surface area contributed by atoms with E-state index in [2.05, 4.69) is 27.2 Å². The summed E-state index contributed by atoms with van der Waals surface area (Å²) in [4.78, 5) is 3.92. The van der Waals surface area contributed by atoms with Gasteiger partial charge in [0.25, 0.3) is 0 Å². The monoisotopic (exact) mass is 195 g/mol. The lowest BCUT2D eigenvalue weighted by Gasteiger charge is -2.07. The molecule has 0 heterocycles. The first-order chi connectivity index (χ1) is 6.85. The Morgan fingerprint density at radius 1 is 1.43 bits per heavy atom. The van der Waals surface area contributed by atoms with Crippen molar-refractivity contribution >= 4 is 18.9 Å². The van der Waals surface area contributed by atoms with E-state index in [0.717, 1.165) is 13.0 Å². The summed E-state index contributed by atoms with van der Waals surface area (Å²) >= 11 is 0. The smallest absolute Gasteiger partial charge is 0.137 e. The Morgan fingerprint density at radius 2 is 2.21 bits per heavy atom. The molecule has 5 nitrogen and oxygen atoms in total. The first-order valence-corrected chi connectivity index (χ1v) is 4.55. The molecule has 0 amide bonds. The Kier molecular flexibility index (Phi) is 8.33. The zero-order valence-electron chi connectivity index (χ0n) is 8.72. The van der Waals surface area contributed by atoms with Crippen molar-refractivity contribution in [3.8, 4) is 0 Å². The Hall–Kier alpha value is -1.65. The molecule has 0 aromatic carbocycles. The van der Waals surface area contributed by atoms with Crippen LogP contribution < -0.4 is 5.43 Å². The summed E-state index contributed by atoms with van der Waals surface area (Å²) in [5.41, 5.74) is 2.55. The molecule has 0 bridgehead atoms. The molecule has 0 spiro atoms. The maximum absolute atomic E-state index is 4.14. The van der Waals surface area contributed by atoms with Gasteiger partial charge in [-0.15, -0.1) is 0 Å². The number of hydrogen-bond donors (Lipinski definition) is 1. The lowest BCUT2D eigenvalue weighted by atomic mass is 10.5. The Morgan fingerprint density at radius 3 is 2.79 bits per heavy atom. The van der Waals surface area contributed by atoms with Gasteiger partial charge in [-0.2, -0.15) is 10.2 Å². The van der Waals surface area contributed by atoms with E-state index in [9.17, 15) is 0 Å². The van der Waals surface area contributed by atoms with Crippen molar-refractivity contribution in [2.45, 2.75) is 20.3 Å². The van der Waals surface area contributed by atoms with Crippen LogP contribution in [0.5, 0.6) is 0 Å². The number of hydrogen-bond acceptors (Lipinski definition) is 3. The molecule has 0 aromatic rings. The van der Waals surface area contributed by atoms with Crippen LogP contribution in [0.1, 0.15) is 20.3 Å². The van der Waals surface area contributed by atoms with Crippen LogP contribution in [0.15, 0.2) is 28.0 Å². The maximum Gasteiger partial charge on any atom is 0.137 e. The predicted molar refractivity (Wildman–Crippen MR) is 61.5 cm³/mol. The molecule has 0 aromatic heterocycles. The number of nitrogens with zero attached hydrogens (tertiary/aromatic N) is 4. The first-order valence-electron chi connectivity index (χ1n) is 4.55. The Labute approximate surface area is 84.9 Å². The highest BCUT2D eigenvalue weighted by Gasteiger charge is 1.87. The van der Waals surface area contributed by atoms with E-state index >= 15 is 0 Å². The lowest BCUT2D eigenvalue weighted by Crippen LogP contribution is -2.14. The van der Waals surface area contributed by atoms with Crippen molar-refractivity contribution in [1.82, 2.24) is 10.4 Å². The number of aliphatic imine (C=N–C) groups is 1. The first kappa shape index (κ1) is 12.3. The summed E-state index contributed by atoms with van der Waals surface area (Å²) in [7, 11) is 0. The van der Waals surface area contributed by atoms with Gasteiger partial charge in [0, 0.05) is 19.0 Å². The number of hydrazone groups is 2. The molecule has 78 valence electrons. The second-order valence-electron chi connectivity index (χ2n) is 2.30. The molecule has 1 N–H and O–H groups in total. The van der Waals surface area contributed by atoms with E-state index in [1.807, 2.05) is 20.1 Å². The van der Waals surface area contributed by atoms with Gasteiger partial charge in [0.05, 0.1) is 0 Å². The van der Waals surface area contributed by atoms with Crippen LogP contribution >= 0.6 is 0 Å². The molecule has 0 saturated carbocycles. The maximum atomic E-state index is 4.14. The molecule has 0 aliphatic heterocycles. The molecule has 5 heteroatoms. The van der Waals surface area contributed by atoms with Crippen LogP contribution in [-0.4, -0.2) is 30.4 Å². The Balaban J connectivity index is 3.90. The normalized spacial score (nSPS) is 11.6. The quantitative estimate of drug-likeness (QED) is 0.379. The molecular weight excluding hydrogens is 178 g/mol. The topological polar surface area (TPSA) is 52.4 Å². The van der Waals surface area contributed by atoms with Gasteiger partial charge in [-0.25, -0.2) is 4.99 Å². The summed E-state index contributed by atoms with van der Waals surface area (Å²) < 4.78 is 0. The third-order valence-corrected chi connectivity index (χ3v) is 1.23. The van der Waals surface area contributed by atoms with E-state index in [0.29, 0.717) is 0 Å². The van der Waals surface area contributed by atoms with Crippen molar-refractivity contribution in [1.29, 1.82) is 0 Å². The number of rotatable bonds is 7. The predicted octanol–water partition coefficient (Wildman–Crippen LogP) is 1.41. The zero-order valence-corrected chi connectivity index (χ0v) is 8.72. The molecule has 0 saturated heterocycles. The van der Waals surface area contributed by atoms with Crippen LogP contribution in [0.3, 0.4) is 0 Å². The van der Waals surface area contributed by atoms with Crippen molar-refractivity contribution in [3.05, 3.63) is 12.8 Å². The van der Waals surface area contributed by atoms with Crippen LogP contribution in [0.2, 0.25) is 0 Å². The van der Waals surface area contributed by atoms with E-state index in [1.54, 1.807) is 11.3 Å². The van der Waals surface area contributed by atoms with Crippen molar-refractivity contribution < 1.29 is 0 Å². The summed E-state index contributed by atoms with van der Waals surface area (Å²) in [6.07, 6.45) is 7.22. The second kappa shape index (κ2) is 9.44. The van der Waals surface area contributed by atoms with Crippen LogP contribution in [0.25, 0.3) is 0 Å². The zero-order chi connectivity index (χ0) is 10.6. The molecule has 0 aliphatic rings. The van der Waals surface area contributed by atoms with Gasteiger partial charge in [-0.05, 0) is 13.3 Å². The van der Waals surface area contributed by atoms with E-state index in [-0.39, 0.29) is 0 Å². The lowest BCUT2D eigenvalue weighted by molar-refractivity contribution is 0.487. The van der Waals surface area contributed by atoms with Crippen LogP contribution in [0, 0.1) is 0 Å². The molecule has 0 rings (SSSR count). The van der Waals surface area contributed by atoms with Crippen molar-refractivity contribution in [2.24, 2.45) is 15.2 Å². The van der Waals surface area contributed by atoms with Gasteiger partial charge in [-0.3, -0.25) is 10.4 Å². The average Bonchev–Trinajstić information content (AvgIpc) is 2.22. The van der Waals surface area contributed by atoms with Crippen LogP contribution in [-0.2, 0) is 0 Å². The van der Waals surface area contributed by atoms with Gasteiger partial charge in [0.15, 0.2) is 0 Å². The van der Waals surface area contributed by atoms with Gasteiger partial charge in [-0.1, -0.05) is 13.5 Å². The molecule has 0 unspecified atom stereocenters. The summed E-state index contributed by atoms with van der Waals surface area (Å²) in [5, 5.41) is 9.57. The number of nitrogens with one attached hydrogen (secondary N) is 1. The summed E-state index contributed by atoms with van der Waals surface area (Å²) in [5.74, 6) is 0. The SMILES string of the molecule is C=CN/N=C\N=CN(CC)/N=C\CC. The summed E-state index contributed by atoms with van der Waals surface area (Å²) in [6, 6.07) is 0. The fourth-order valence-corrected chi connectivity index (χ4v) is 0.606. The van der Waals surface area contributed by atoms with Gasteiger partial charge in [0.1, 0.15) is 12.7 Å². The van der Waals surface area contributed by atoms with E-state index in [1.165, 1.54) is 12.5 Å². The molecule has 0 aliphatic carbocycles. The minimum absolute atomic E-state index is 0.780. The molecule has 0 fully saturated rings.